The van der Waals surface area contributed by atoms with Crippen LogP contribution < -0.4 is 10.1 Å². The van der Waals surface area contributed by atoms with E-state index in [9.17, 15) is 9.18 Å². The largest absolute Gasteiger partial charge is 0.497 e. The van der Waals surface area contributed by atoms with Gasteiger partial charge in [0.2, 0.25) is 0 Å². The van der Waals surface area contributed by atoms with E-state index in [1.165, 1.54) is 19.2 Å². The van der Waals surface area contributed by atoms with Crippen LogP contribution in [-0.2, 0) is 0 Å². The van der Waals surface area contributed by atoms with Crippen molar-refractivity contribution in [3.05, 3.63) is 29.6 Å². The Labute approximate surface area is 120 Å². The van der Waals surface area contributed by atoms with Crippen LogP contribution in [0.25, 0.3) is 0 Å². The van der Waals surface area contributed by atoms with Crippen LogP contribution in [0.4, 0.5) is 4.39 Å². The Morgan fingerprint density at radius 1 is 1.53 bits per heavy atom. The van der Waals surface area contributed by atoms with Crippen LogP contribution in [0.1, 0.15) is 29.6 Å². The Balaban J connectivity index is 1.92. The molecule has 0 aromatic heterocycles. The van der Waals surface area contributed by atoms with Gasteiger partial charge in [0.15, 0.2) is 0 Å². The topological polar surface area (TPSA) is 38.3 Å². The van der Waals surface area contributed by atoms with Gasteiger partial charge in [0.25, 0.3) is 5.91 Å². The molecule has 3 nitrogen and oxygen atoms in total. The van der Waals surface area contributed by atoms with E-state index in [0.717, 1.165) is 19.3 Å². The smallest absolute Gasteiger partial charge is 0.254 e. The standard InChI is InChI=1S/C14H17BrFNO2/c1-19-11-4-5-12(13(16)7-11)14(18)17-8-9-2-3-10(15)6-9/h4-5,7,9-10H,2-3,6,8H2,1H3,(H,17,18). The van der Waals surface area contributed by atoms with Gasteiger partial charge in [-0.3, -0.25) is 4.79 Å². The second-order valence-electron chi connectivity index (χ2n) is 4.83. The lowest BCUT2D eigenvalue weighted by molar-refractivity contribution is 0.0943. The monoisotopic (exact) mass is 329 g/mol. The van der Waals surface area contributed by atoms with Crippen molar-refractivity contribution in [2.24, 2.45) is 5.92 Å². The number of halogens is 2. The zero-order valence-corrected chi connectivity index (χ0v) is 12.4. The average molecular weight is 330 g/mol. The third-order valence-corrected chi connectivity index (χ3v) is 4.28. The predicted octanol–water partition coefficient (Wildman–Crippen LogP) is 3.13. The number of amides is 1. The summed E-state index contributed by atoms with van der Waals surface area (Å²) in [5.74, 6) is -0.0265. The molecule has 1 amide bonds. The number of ether oxygens (including phenoxy) is 1. The van der Waals surface area contributed by atoms with Crippen molar-refractivity contribution in [2.75, 3.05) is 13.7 Å². The molecule has 0 bridgehead atoms. The van der Waals surface area contributed by atoms with Gasteiger partial charge in [0.1, 0.15) is 11.6 Å². The maximum absolute atomic E-state index is 13.7. The van der Waals surface area contributed by atoms with E-state index in [1.807, 2.05) is 0 Å². The lowest BCUT2D eigenvalue weighted by Gasteiger charge is -2.11. The molecule has 1 aliphatic rings. The maximum Gasteiger partial charge on any atom is 0.254 e. The molecule has 1 N–H and O–H groups in total. The van der Waals surface area contributed by atoms with Gasteiger partial charge in [-0.2, -0.15) is 0 Å². The minimum Gasteiger partial charge on any atom is -0.497 e. The first-order valence-corrected chi connectivity index (χ1v) is 7.27. The summed E-state index contributed by atoms with van der Waals surface area (Å²) in [5, 5.41) is 2.80. The van der Waals surface area contributed by atoms with Crippen molar-refractivity contribution >= 4 is 21.8 Å². The molecular formula is C14H17BrFNO2. The molecule has 1 aromatic carbocycles. The first kappa shape index (κ1) is 14.3. The van der Waals surface area contributed by atoms with E-state index in [2.05, 4.69) is 21.2 Å². The van der Waals surface area contributed by atoms with Crippen LogP contribution >= 0.6 is 15.9 Å². The summed E-state index contributed by atoms with van der Waals surface area (Å²) in [6, 6.07) is 4.26. The normalized spacial score (nSPS) is 22.3. The molecule has 1 fully saturated rings. The van der Waals surface area contributed by atoms with Crippen molar-refractivity contribution in [1.82, 2.24) is 5.32 Å². The Bertz CT molecular complexity index is 467. The lowest BCUT2D eigenvalue weighted by atomic mass is 10.1. The number of nitrogens with one attached hydrogen (secondary N) is 1. The van der Waals surface area contributed by atoms with E-state index in [0.29, 0.717) is 23.0 Å². The molecule has 2 atom stereocenters. The Morgan fingerprint density at radius 3 is 2.89 bits per heavy atom. The summed E-state index contributed by atoms with van der Waals surface area (Å²) >= 11 is 3.57. The van der Waals surface area contributed by atoms with E-state index in [1.54, 1.807) is 6.07 Å². The lowest BCUT2D eigenvalue weighted by Crippen LogP contribution is -2.29. The molecule has 104 valence electrons. The number of benzene rings is 1. The number of carbonyl (C=O) groups is 1. The molecule has 2 rings (SSSR count). The summed E-state index contributed by atoms with van der Waals surface area (Å²) in [6.45, 7) is 0.604. The van der Waals surface area contributed by atoms with E-state index < -0.39 is 5.82 Å². The van der Waals surface area contributed by atoms with Crippen LogP contribution in [0.15, 0.2) is 18.2 Å². The second kappa shape index (κ2) is 6.37. The van der Waals surface area contributed by atoms with Gasteiger partial charge in [-0.15, -0.1) is 0 Å². The van der Waals surface area contributed by atoms with Crippen molar-refractivity contribution < 1.29 is 13.9 Å². The number of hydrogen-bond acceptors (Lipinski definition) is 2. The Morgan fingerprint density at radius 2 is 2.32 bits per heavy atom. The van der Waals surface area contributed by atoms with E-state index in [4.69, 9.17) is 4.74 Å². The summed E-state index contributed by atoms with van der Waals surface area (Å²) < 4.78 is 18.6. The highest BCUT2D eigenvalue weighted by molar-refractivity contribution is 9.09. The molecule has 5 heteroatoms. The number of carbonyl (C=O) groups excluding carboxylic acids is 1. The highest BCUT2D eigenvalue weighted by atomic mass is 79.9. The Kier molecular flexibility index (Phi) is 4.80. The SMILES string of the molecule is COc1ccc(C(=O)NCC2CCC(Br)C2)c(F)c1. The molecule has 1 aromatic rings. The van der Waals surface area contributed by atoms with Crippen molar-refractivity contribution in [1.29, 1.82) is 0 Å². The molecule has 0 radical (unpaired) electrons. The molecule has 1 saturated carbocycles. The number of alkyl halides is 1. The fourth-order valence-corrected chi connectivity index (χ4v) is 3.13. The van der Waals surface area contributed by atoms with E-state index in [-0.39, 0.29) is 11.5 Å². The summed E-state index contributed by atoms with van der Waals surface area (Å²) in [5.41, 5.74) is 0.0641. The van der Waals surface area contributed by atoms with Crippen molar-refractivity contribution in [3.63, 3.8) is 0 Å². The quantitative estimate of drug-likeness (QED) is 0.862. The third-order valence-electron chi connectivity index (χ3n) is 3.45. The third kappa shape index (κ3) is 3.69. The first-order valence-electron chi connectivity index (χ1n) is 6.36. The average Bonchev–Trinajstić information content (AvgIpc) is 2.81. The molecular weight excluding hydrogens is 313 g/mol. The minimum atomic E-state index is -0.554. The molecule has 2 unspecified atom stereocenters. The van der Waals surface area contributed by atoms with Crippen LogP contribution in [0, 0.1) is 11.7 Å². The van der Waals surface area contributed by atoms with Gasteiger partial charge in [-0.25, -0.2) is 4.39 Å². The maximum atomic E-state index is 13.7. The molecule has 0 heterocycles. The highest BCUT2D eigenvalue weighted by Crippen LogP contribution is 2.30. The summed E-state index contributed by atoms with van der Waals surface area (Å²) in [7, 11) is 1.46. The van der Waals surface area contributed by atoms with Crippen LogP contribution in [0.3, 0.4) is 0 Å². The van der Waals surface area contributed by atoms with E-state index >= 15 is 0 Å². The summed E-state index contributed by atoms with van der Waals surface area (Å²) in [6.07, 6.45) is 3.30. The van der Waals surface area contributed by atoms with Crippen LogP contribution in [-0.4, -0.2) is 24.4 Å². The molecule has 19 heavy (non-hydrogen) atoms. The number of rotatable bonds is 4. The van der Waals surface area contributed by atoms with Crippen LogP contribution in [0.5, 0.6) is 5.75 Å². The van der Waals surface area contributed by atoms with Gasteiger partial charge in [-0.1, -0.05) is 15.9 Å². The minimum absolute atomic E-state index is 0.0641. The highest BCUT2D eigenvalue weighted by Gasteiger charge is 2.23. The van der Waals surface area contributed by atoms with Crippen LogP contribution in [0.2, 0.25) is 0 Å². The molecule has 0 spiro atoms. The summed E-state index contributed by atoms with van der Waals surface area (Å²) in [4.78, 5) is 12.4. The molecule has 1 aliphatic carbocycles. The van der Waals surface area contributed by atoms with Gasteiger partial charge < -0.3 is 10.1 Å². The van der Waals surface area contributed by atoms with Crippen molar-refractivity contribution in [3.8, 4) is 5.75 Å². The van der Waals surface area contributed by atoms with Crippen molar-refractivity contribution in [2.45, 2.75) is 24.1 Å². The van der Waals surface area contributed by atoms with Gasteiger partial charge in [0.05, 0.1) is 12.7 Å². The number of methoxy groups -OCH3 is 1. The van der Waals surface area contributed by atoms with Gasteiger partial charge >= 0.3 is 0 Å². The fourth-order valence-electron chi connectivity index (χ4n) is 2.34. The van der Waals surface area contributed by atoms with Gasteiger partial charge in [-0.05, 0) is 37.3 Å². The zero-order chi connectivity index (χ0) is 13.8. The predicted molar refractivity (Wildman–Crippen MR) is 75.3 cm³/mol. The number of hydrogen-bond donors (Lipinski definition) is 1. The molecule has 0 aliphatic heterocycles. The fraction of sp³-hybridized carbons (Fsp3) is 0.500. The second-order valence-corrected chi connectivity index (χ2v) is 6.13. The molecule has 0 saturated heterocycles. The zero-order valence-electron chi connectivity index (χ0n) is 10.8. The van der Waals surface area contributed by atoms with Gasteiger partial charge in [0, 0.05) is 17.4 Å². The Hall–Kier alpha value is -1.10. The first-order chi connectivity index (χ1) is 9.10.